The molecule has 1 atom stereocenters. The molecule has 0 aromatic carbocycles. The summed E-state index contributed by atoms with van der Waals surface area (Å²) in [5.74, 6) is 0. The Morgan fingerprint density at radius 2 is 2.40 bits per heavy atom. The molecule has 0 amide bonds. The predicted molar refractivity (Wildman–Crippen MR) is 51.4 cm³/mol. The first kappa shape index (κ1) is 10.9. The fraction of sp³-hybridized carbons (Fsp3) is 1.00. The maximum Gasteiger partial charge on any atom is 0.0799 e. The van der Waals surface area contributed by atoms with Crippen molar-refractivity contribution in [2.24, 2.45) is 0 Å². The van der Waals surface area contributed by atoms with Crippen LogP contribution in [0.25, 0.3) is 0 Å². The quantitative estimate of drug-likeness (QED) is 0.669. The Hall–Kier alpha value is 0.880. The van der Waals surface area contributed by atoms with Crippen LogP contribution in [0.15, 0.2) is 0 Å². The van der Waals surface area contributed by atoms with Crippen molar-refractivity contribution in [3.8, 4) is 0 Å². The van der Waals surface area contributed by atoms with Crippen molar-refractivity contribution >= 4 is 32.9 Å². The van der Waals surface area contributed by atoms with Gasteiger partial charge in [0.05, 0.1) is 12.7 Å². The Kier molecular flexibility index (Phi) is 6.01. The highest BCUT2D eigenvalue weighted by molar-refractivity contribution is 9.09. The molecule has 0 N–H and O–H groups in total. The second-order valence-electron chi connectivity index (χ2n) is 2.41. The van der Waals surface area contributed by atoms with E-state index in [-0.39, 0.29) is 17.0 Å². The number of likely N-dealkylation sites (N-methyl/N-ethyl adjacent to an activating group) is 1. The molecule has 1 fully saturated rings. The van der Waals surface area contributed by atoms with Gasteiger partial charge in [-0.05, 0) is 7.05 Å². The summed E-state index contributed by atoms with van der Waals surface area (Å²) in [6, 6.07) is 0. The van der Waals surface area contributed by atoms with Gasteiger partial charge < -0.3 is 9.64 Å². The molecule has 62 valence electrons. The minimum Gasteiger partial charge on any atom is -0.375 e. The number of ether oxygens (including phenoxy) is 1. The van der Waals surface area contributed by atoms with Crippen molar-refractivity contribution in [2.45, 2.75) is 6.10 Å². The molecule has 0 aromatic rings. The first-order valence-corrected chi connectivity index (χ1v) is 4.31. The van der Waals surface area contributed by atoms with Gasteiger partial charge in [0.1, 0.15) is 0 Å². The van der Waals surface area contributed by atoms with Gasteiger partial charge in [-0.1, -0.05) is 15.9 Å². The van der Waals surface area contributed by atoms with E-state index in [2.05, 4.69) is 27.9 Å². The summed E-state index contributed by atoms with van der Waals surface area (Å²) in [5.41, 5.74) is 0. The van der Waals surface area contributed by atoms with Crippen LogP contribution in [0.2, 0.25) is 0 Å². The molecule has 1 saturated heterocycles. The fourth-order valence-electron chi connectivity index (χ4n) is 0.960. The number of morpholine rings is 1. The largest absolute Gasteiger partial charge is 0.375 e. The Balaban J connectivity index is 0.000000810. The molecule has 0 bridgehead atoms. The zero-order valence-electron chi connectivity index (χ0n) is 6.05. The molecule has 0 saturated carbocycles. The fourth-order valence-corrected chi connectivity index (χ4v) is 1.35. The van der Waals surface area contributed by atoms with E-state index < -0.39 is 0 Å². The first-order valence-electron chi connectivity index (χ1n) is 3.19. The van der Waals surface area contributed by atoms with Crippen LogP contribution in [0.3, 0.4) is 0 Å². The summed E-state index contributed by atoms with van der Waals surface area (Å²) >= 11 is 3.39. The van der Waals surface area contributed by atoms with Crippen molar-refractivity contribution in [1.82, 2.24) is 4.90 Å². The van der Waals surface area contributed by atoms with Crippen LogP contribution in [0, 0.1) is 0 Å². The molecule has 1 aliphatic rings. The van der Waals surface area contributed by atoms with Crippen LogP contribution < -0.4 is 0 Å². The van der Waals surface area contributed by atoms with Crippen LogP contribution in [0.5, 0.6) is 0 Å². The predicted octanol–water partition coefficient (Wildman–Crippen LogP) is 1.29. The lowest BCUT2D eigenvalue weighted by Gasteiger charge is -2.28. The van der Waals surface area contributed by atoms with E-state index in [0.29, 0.717) is 6.10 Å². The van der Waals surface area contributed by atoms with E-state index in [1.807, 2.05) is 0 Å². The molecule has 1 heterocycles. The summed E-state index contributed by atoms with van der Waals surface area (Å²) in [5, 5.41) is 0.956. The third-order valence-electron chi connectivity index (χ3n) is 1.51. The van der Waals surface area contributed by atoms with Crippen LogP contribution in [0.4, 0.5) is 0 Å². The molecule has 0 aliphatic carbocycles. The highest BCUT2D eigenvalue weighted by atomic mass is 79.9. The number of rotatable bonds is 1. The van der Waals surface area contributed by atoms with E-state index in [4.69, 9.17) is 4.74 Å². The van der Waals surface area contributed by atoms with Gasteiger partial charge in [0, 0.05) is 18.4 Å². The first-order chi connectivity index (χ1) is 4.33. The maximum atomic E-state index is 5.41. The lowest BCUT2D eigenvalue weighted by molar-refractivity contribution is -0.00535. The number of alkyl halides is 1. The summed E-state index contributed by atoms with van der Waals surface area (Å²) < 4.78 is 5.41. The molecule has 10 heavy (non-hydrogen) atoms. The van der Waals surface area contributed by atoms with E-state index in [1.54, 1.807) is 0 Å². The minimum absolute atomic E-state index is 0. The number of hydrogen-bond donors (Lipinski definition) is 0. The van der Waals surface area contributed by atoms with Crippen molar-refractivity contribution in [1.29, 1.82) is 0 Å². The average molecular weight is 275 g/mol. The maximum absolute atomic E-state index is 5.41. The third kappa shape index (κ3) is 3.32. The van der Waals surface area contributed by atoms with Crippen molar-refractivity contribution in [3.05, 3.63) is 0 Å². The molecule has 1 aliphatic heterocycles. The van der Waals surface area contributed by atoms with Gasteiger partial charge in [-0.2, -0.15) is 0 Å². The molecule has 1 unspecified atom stereocenters. The second-order valence-corrected chi connectivity index (χ2v) is 3.06. The van der Waals surface area contributed by atoms with Gasteiger partial charge in [0.15, 0.2) is 0 Å². The van der Waals surface area contributed by atoms with Crippen LogP contribution in [-0.4, -0.2) is 43.1 Å². The molecular weight excluding hydrogens is 262 g/mol. The van der Waals surface area contributed by atoms with E-state index in [1.165, 1.54) is 0 Å². The van der Waals surface area contributed by atoms with Crippen molar-refractivity contribution in [2.75, 3.05) is 32.1 Å². The average Bonchev–Trinajstić information content (AvgIpc) is 1.88. The van der Waals surface area contributed by atoms with Gasteiger partial charge >= 0.3 is 0 Å². The molecule has 0 aromatic heterocycles. The van der Waals surface area contributed by atoms with Crippen LogP contribution >= 0.6 is 32.9 Å². The topological polar surface area (TPSA) is 12.5 Å². The molecule has 0 radical (unpaired) electrons. The number of hydrogen-bond acceptors (Lipinski definition) is 2. The van der Waals surface area contributed by atoms with E-state index in [0.717, 1.165) is 25.0 Å². The highest BCUT2D eigenvalue weighted by Gasteiger charge is 2.15. The second kappa shape index (κ2) is 5.52. The summed E-state index contributed by atoms with van der Waals surface area (Å²) in [7, 11) is 2.12. The molecule has 1 rings (SSSR count). The summed E-state index contributed by atoms with van der Waals surface area (Å²) in [4.78, 5) is 2.29. The van der Waals surface area contributed by atoms with Gasteiger partial charge in [0.25, 0.3) is 0 Å². The Labute approximate surface area is 80.8 Å². The summed E-state index contributed by atoms with van der Waals surface area (Å²) in [6.07, 6.45) is 0.406. The minimum atomic E-state index is 0. The van der Waals surface area contributed by atoms with Crippen LogP contribution in [0.1, 0.15) is 0 Å². The molecule has 0 spiro atoms. The molecule has 4 heteroatoms. The standard InChI is InChI=1S/C6H12BrNO.BrH/c1-8-2-3-9-6(4-7)5-8;/h6H,2-5H2,1H3;1H. The third-order valence-corrected chi connectivity index (χ3v) is 2.24. The van der Waals surface area contributed by atoms with Gasteiger partial charge in [-0.3, -0.25) is 0 Å². The Morgan fingerprint density at radius 3 is 2.80 bits per heavy atom. The number of halogens is 2. The number of nitrogens with zero attached hydrogens (tertiary/aromatic N) is 1. The Bertz CT molecular complexity index is 91.8. The molecule has 2 nitrogen and oxygen atoms in total. The molecular formula is C6H13Br2NO. The monoisotopic (exact) mass is 273 g/mol. The van der Waals surface area contributed by atoms with Crippen molar-refractivity contribution < 1.29 is 4.74 Å². The highest BCUT2D eigenvalue weighted by Crippen LogP contribution is 2.04. The zero-order valence-corrected chi connectivity index (χ0v) is 9.35. The van der Waals surface area contributed by atoms with E-state index >= 15 is 0 Å². The van der Waals surface area contributed by atoms with Crippen molar-refractivity contribution in [3.63, 3.8) is 0 Å². The van der Waals surface area contributed by atoms with E-state index in [9.17, 15) is 0 Å². The lowest BCUT2D eigenvalue weighted by atomic mass is 10.3. The van der Waals surface area contributed by atoms with Crippen LogP contribution in [-0.2, 0) is 4.74 Å². The zero-order chi connectivity index (χ0) is 6.69. The lowest BCUT2D eigenvalue weighted by Crippen LogP contribution is -2.40. The smallest absolute Gasteiger partial charge is 0.0799 e. The van der Waals surface area contributed by atoms with Gasteiger partial charge in [-0.15, -0.1) is 17.0 Å². The normalized spacial score (nSPS) is 27.6. The SMILES string of the molecule is Br.CN1CCOC(CBr)C1. The van der Waals surface area contributed by atoms with Gasteiger partial charge in [0.2, 0.25) is 0 Å². The van der Waals surface area contributed by atoms with Gasteiger partial charge in [-0.25, -0.2) is 0 Å². The Morgan fingerprint density at radius 1 is 1.70 bits per heavy atom. The summed E-state index contributed by atoms with van der Waals surface area (Å²) in [6.45, 7) is 3.02.